The molecule has 0 radical (unpaired) electrons. The van der Waals surface area contributed by atoms with Gasteiger partial charge in [-0.2, -0.15) is 0 Å². The van der Waals surface area contributed by atoms with Crippen LogP contribution >= 0.6 is 0 Å². The van der Waals surface area contributed by atoms with E-state index in [-0.39, 0.29) is 16.9 Å². The summed E-state index contributed by atoms with van der Waals surface area (Å²) in [5.41, 5.74) is 0.262. The predicted octanol–water partition coefficient (Wildman–Crippen LogP) is -0.804. The standard InChI is InChI=1S/C26H30O14/c1-36-20(30)10-16-15(8-9-37-19(29)7-4-13-2-5-14(28)6-3-13)25(38-12-17(16)24(34)35)40-26-23(33)22(32)21(31)18(11-27)39-26/h2-8,12,16,18,21-23,25-28,31-33H,9-11H2,1H3,(H,34,35)/b7-4-,15-8-/t16-,18+,21+,22-,23+,25-,26-/m0/s1. The molecule has 0 aromatic heterocycles. The van der Waals surface area contributed by atoms with E-state index in [1.807, 2.05) is 0 Å². The zero-order valence-electron chi connectivity index (χ0n) is 21.2. The monoisotopic (exact) mass is 566 g/mol. The van der Waals surface area contributed by atoms with Gasteiger partial charge in [-0.1, -0.05) is 12.1 Å². The Morgan fingerprint density at radius 2 is 1.75 bits per heavy atom. The minimum Gasteiger partial charge on any atom is -0.508 e. The molecule has 0 spiro atoms. The smallest absolute Gasteiger partial charge is 0.335 e. The number of aliphatic carboxylic acids is 1. The largest absolute Gasteiger partial charge is 0.508 e. The SMILES string of the molecule is COC(=O)C[C@@H]1C(C(=O)O)=CO[C@@H](O[C@@H]2O[C@H](CO)[C@@H](O)[C@H](O)[C@H]2O)/C1=C\COC(=O)/C=C\c1ccc(O)cc1. The van der Waals surface area contributed by atoms with E-state index in [0.717, 1.165) is 19.4 Å². The number of carbonyl (C=O) groups excluding carboxylic acids is 2. The molecule has 40 heavy (non-hydrogen) atoms. The van der Waals surface area contributed by atoms with Crippen molar-refractivity contribution in [2.24, 2.45) is 5.92 Å². The Bertz CT molecular complexity index is 1140. The Hall–Kier alpha value is -3.79. The van der Waals surface area contributed by atoms with Gasteiger partial charge < -0.3 is 54.3 Å². The summed E-state index contributed by atoms with van der Waals surface area (Å²) in [7, 11) is 1.11. The molecular formula is C26H30O14. The number of ether oxygens (including phenoxy) is 5. The maximum Gasteiger partial charge on any atom is 0.335 e. The number of carboxylic acid groups (broad SMARTS) is 1. The molecule has 14 heteroatoms. The van der Waals surface area contributed by atoms with Crippen LogP contribution in [0.2, 0.25) is 0 Å². The molecule has 14 nitrogen and oxygen atoms in total. The fourth-order valence-electron chi connectivity index (χ4n) is 3.99. The fourth-order valence-corrected chi connectivity index (χ4v) is 3.99. The van der Waals surface area contributed by atoms with Crippen LogP contribution in [-0.4, -0.2) is 106 Å². The summed E-state index contributed by atoms with van der Waals surface area (Å²) < 4.78 is 26.2. The van der Waals surface area contributed by atoms with Gasteiger partial charge in [0.25, 0.3) is 0 Å². The Kier molecular flexibility index (Phi) is 10.8. The number of methoxy groups -OCH3 is 1. The highest BCUT2D eigenvalue weighted by Gasteiger charge is 2.46. The van der Waals surface area contributed by atoms with Crippen molar-refractivity contribution in [2.45, 2.75) is 43.4 Å². The van der Waals surface area contributed by atoms with Crippen LogP contribution in [0.15, 0.2) is 53.8 Å². The van der Waals surface area contributed by atoms with Gasteiger partial charge in [0.1, 0.15) is 36.8 Å². The lowest BCUT2D eigenvalue weighted by Crippen LogP contribution is -2.60. The van der Waals surface area contributed by atoms with Crippen LogP contribution < -0.4 is 0 Å². The maximum absolute atomic E-state index is 12.2. The van der Waals surface area contributed by atoms with Gasteiger partial charge in [0.05, 0.1) is 32.0 Å². The lowest BCUT2D eigenvalue weighted by Gasteiger charge is -2.41. The van der Waals surface area contributed by atoms with E-state index in [1.54, 1.807) is 12.1 Å². The Morgan fingerprint density at radius 1 is 1.05 bits per heavy atom. The van der Waals surface area contributed by atoms with Crippen molar-refractivity contribution in [3.05, 3.63) is 59.4 Å². The highest BCUT2D eigenvalue weighted by Crippen LogP contribution is 2.36. The lowest BCUT2D eigenvalue weighted by molar-refractivity contribution is -0.327. The molecule has 0 bridgehead atoms. The van der Waals surface area contributed by atoms with Crippen LogP contribution in [0.5, 0.6) is 5.75 Å². The topological polar surface area (TPSA) is 219 Å². The number of aliphatic hydroxyl groups is 4. The molecule has 0 amide bonds. The van der Waals surface area contributed by atoms with Crippen molar-refractivity contribution in [1.82, 2.24) is 0 Å². The molecular weight excluding hydrogens is 536 g/mol. The van der Waals surface area contributed by atoms with E-state index in [4.69, 9.17) is 18.9 Å². The van der Waals surface area contributed by atoms with Crippen molar-refractivity contribution in [3.63, 3.8) is 0 Å². The molecule has 2 aliphatic heterocycles. The number of aliphatic hydroxyl groups excluding tert-OH is 4. The number of phenolic OH excluding ortho intramolecular Hbond substituents is 1. The number of rotatable bonds is 10. The minimum atomic E-state index is -1.80. The first-order chi connectivity index (χ1) is 19.0. The second-order valence-electron chi connectivity index (χ2n) is 8.77. The summed E-state index contributed by atoms with van der Waals surface area (Å²) in [6, 6.07) is 6.00. The molecule has 0 unspecified atom stereocenters. The molecule has 1 aromatic rings. The van der Waals surface area contributed by atoms with Gasteiger partial charge in [-0.3, -0.25) is 4.79 Å². The molecule has 7 atom stereocenters. The normalized spacial score (nSPS) is 29.5. The Balaban J connectivity index is 1.83. The van der Waals surface area contributed by atoms with E-state index < -0.39 is 80.5 Å². The Labute approximate surface area is 227 Å². The molecule has 1 aromatic carbocycles. The maximum atomic E-state index is 12.2. The summed E-state index contributed by atoms with van der Waals surface area (Å²) in [6.07, 6.45) is -5.47. The van der Waals surface area contributed by atoms with Crippen LogP contribution in [0.3, 0.4) is 0 Å². The third-order valence-corrected chi connectivity index (χ3v) is 6.17. The van der Waals surface area contributed by atoms with E-state index >= 15 is 0 Å². The fraction of sp³-hybridized carbons (Fsp3) is 0.423. The zero-order chi connectivity index (χ0) is 29.4. The first-order valence-corrected chi connectivity index (χ1v) is 12.0. The first-order valence-electron chi connectivity index (χ1n) is 12.0. The summed E-state index contributed by atoms with van der Waals surface area (Å²) in [5, 5.41) is 58.9. The molecule has 2 aliphatic rings. The number of carbonyl (C=O) groups is 3. The van der Waals surface area contributed by atoms with E-state index in [1.165, 1.54) is 24.3 Å². The molecule has 6 N–H and O–H groups in total. The summed E-state index contributed by atoms with van der Waals surface area (Å²) in [5.74, 6) is -4.09. The summed E-state index contributed by atoms with van der Waals surface area (Å²) >= 11 is 0. The molecule has 1 saturated heterocycles. The van der Waals surface area contributed by atoms with Crippen molar-refractivity contribution >= 4 is 24.0 Å². The number of phenols is 1. The van der Waals surface area contributed by atoms with Crippen LogP contribution in [-0.2, 0) is 38.1 Å². The van der Waals surface area contributed by atoms with Gasteiger partial charge in [0.2, 0.25) is 6.29 Å². The van der Waals surface area contributed by atoms with Crippen molar-refractivity contribution in [1.29, 1.82) is 0 Å². The zero-order valence-corrected chi connectivity index (χ0v) is 21.2. The quantitative estimate of drug-likeness (QED) is 0.116. The predicted molar refractivity (Wildman–Crippen MR) is 132 cm³/mol. The molecule has 1 fully saturated rings. The molecule has 0 saturated carbocycles. The number of hydrogen-bond acceptors (Lipinski definition) is 13. The lowest BCUT2D eigenvalue weighted by atomic mass is 9.86. The number of benzene rings is 1. The third kappa shape index (κ3) is 7.65. The van der Waals surface area contributed by atoms with Gasteiger partial charge in [-0.15, -0.1) is 0 Å². The first kappa shape index (κ1) is 30.7. The van der Waals surface area contributed by atoms with Gasteiger partial charge >= 0.3 is 17.9 Å². The molecule has 218 valence electrons. The second kappa shape index (κ2) is 14.0. The summed E-state index contributed by atoms with van der Waals surface area (Å²) in [4.78, 5) is 36.2. The molecule has 0 aliphatic carbocycles. The van der Waals surface area contributed by atoms with Crippen molar-refractivity contribution in [2.75, 3.05) is 20.3 Å². The van der Waals surface area contributed by atoms with Crippen LogP contribution in [0.25, 0.3) is 6.08 Å². The Morgan fingerprint density at radius 3 is 2.38 bits per heavy atom. The van der Waals surface area contributed by atoms with E-state index in [0.29, 0.717) is 5.56 Å². The van der Waals surface area contributed by atoms with Crippen molar-refractivity contribution < 1.29 is 68.7 Å². The number of carboxylic acids is 1. The van der Waals surface area contributed by atoms with Gasteiger partial charge in [0, 0.05) is 17.6 Å². The van der Waals surface area contributed by atoms with Gasteiger partial charge in [0.15, 0.2) is 6.29 Å². The van der Waals surface area contributed by atoms with Gasteiger partial charge in [-0.25, -0.2) is 9.59 Å². The minimum absolute atomic E-state index is 0.00225. The van der Waals surface area contributed by atoms with Crippen LogP contribution in [0.4, 0.5) is 0 Å². The second-order valence-corrected chi connectivity index (χ2v) is 8.77. The highest BCUT2D eigenvalue weighted by molar-refractivity contribution is 5.89. The highest BCUT2D eigenvalue weighted by atomic mass is 16.8. The van der Waals surface area contributed by atoms with E-state index in [2.05, 4.69) is 4.74 Å². The van der Waals surface area contributed by atoms with E-state index in [9.17, 15) is 45.0 Å². The van der Waals surface area contributed by atoms with Crippen molar-refractivity contribution in [3.8, 4) is 5.75 Å². The van der Waals surface area contributed by atoms with Crippen LogP contribution in [0.1, 0.15) is 12.0 Å². The molecule has 2 heterocycles. The average molecular weight is 567 g/mol. The van der Waals surface area contributed by atoms with Gasteiger partial charge in [-0.05, 0) is 29.8 Å². The summed E-state index contributed by atoms with van der Waals surface area (Å²) in [6.45, 7) is -1.14. The average Bonchev–Trinajstić information content (AvgIpc) is 2.93. The number of hydrogen-bond donors (Lipinski definition) is 6. The number of aromatic hydroxyl groups is 1. The third-order valence-electron chi connectivity index (χ3n) is 6.17. The number of esters is 2. The molecule has 3 rings (SSSR count). The van der Waals surface area contributed by atoms with Crippen LogP contribution in [0, 0.1) is 5.92 Å².